The van der Waals surface area contributed by atoms with Crippen molar-refractivity contribution in [2.24, 2.45) is 24.8 Å². The number of imidazole rings is 1. The number of fused-ring (bicyclic) bond motifs is 1. The first-order valence-electron chi connectivity index (χ1n) is 13.8. The smallest absolute Gasteiger partial charge is 0.419 e. The first kappa shape index (κ1) is 28.0. The minimum absolute atomic E-state index is 0.0597. The Labute approximate surface area is 241 Å². The van der Waals surface area contributed by atoms with Crippen LogP contribution in [0.3, 0.4) is 0 Å². The second kappa shape index (κ2) is 11.2. The molecule has 0 bridgehead atoms. The van der Waals surface area contributed by atoms with Crippen molar-refractivity contribution in [2.75, 3.05) is 19.6 Å². The van der Waals surface area contributed by atoms with E-state index in [9.17, 15) is 22.4 Å². The topological polar surface area (TPSA) is 50.6 Å². The number of ether oxygens (including phenoxy) is 1. The average Bonchev–Trinajstić information content (AvgIpc) is 3.26. The summed E-state index contributed by atoms with van der Waals surface area (Å²) in [5, 5.41) is 0. The van der Waals surface area contributed by atoms with Gasteiger partial charge in [0.2, 0.25) is 0 Å². The number of rotatable bonds is 9. The lowest BCUT2D eigenvalue weighted by Gasteiger charge is -2.25. The first-order chi connectivity index (χ1) is 20.1. The summed E-state index contributed by atoms with van der Waals surface area (Å²) < 4.78 is 61.4. The number of benzene rings is 3. The zero-order chi connectivity index (χ0) is 29.4. The third-order valence-corrected chi connectivity index (χ3v) is 8.11. The van der Waals surface area contributed by atoms with Gasteiger partial charge in [-0.15, -0.1) is 0 Å². The maximum absolute atomic E-state index is 13.9. The number of alkyl halides is 3. The van der Waals surface area contributed by atoms with Crippen LogP contribution in [0.1, 0.15) is 27.2 Å². The molecule has 2 unspecified atom stereocenters. The SMILES string of the molecule is Cn1cnc(C(=O)N(Cc2ccc(F)c(C(F)(F)F)c2)CC2C3CN(Cc4ccc(Oc5ccccc5)cc4)CC32)c1. The van der Waals surface area contributed by atoms with Crippen LogP contribution in [-0.2, 0) is 26.3 Å². The molecular formula is C32H30F4N4O2. The molecule has 1 amide bonds. The second-order valence-corrected chi connectivity index (χ2v) is 11.2. The van der Waals surface area contributed by atoms with Crippen molar-refractivity contribution < 1.29 is 27.1 Å². The summed E-state index contributed by atoms with van der Waals surface area (Å²) in [6.45, 7) is 2.92. The van der Waals surface area contributed by atoms with Crippen molar-refractivity contribution >= 4 is 5.91 Å². The number of aryl methyl sites for hydroxylation is 1. The number of nitrogens with zero attached hydrogens (tertiary/aromatic N) is 4. The molecule has 2 heterocycles. The van der Waals surface area contributed by atoms with Gasteiger partial charge >= 0.3 is 6.18 Å². The fourth-order valence-electron chi connectivity index (χ4n) is 5.95. The number of carbonyl (C=O) groups excluding carboxylic acids is 1. The highest BCUT2D eigenvalue weighted by Gasteiger charge is 2.56. The van der Waals surface area contributed by atoms with Gasteiger partial charge in [-0.3, -0.25) is 9.69 Å². The molecule has 10 heteroatoms. The molecule has 6 rings (SSSR count). The van der Waals surface area contributed by atoms with Crippen LogP contribution in [0, 0.1) is 23.6 Å². The number of likely N-dealkylation sites (tertiary alicyclic amines) is 1. The predicted octanol–water partition coefficient (Wildman–Crippen LogP) is 6.39. The van der Waals surface area contributed by atoms with E-state index in [-0.39, 0.29) is 29.6 Å². The summed E-state index contributed by atoms with van der Waals surface area (Å²) in [5.41, 5.74) is 0.295. The number of para-hydroxylation sites is 1. The quantitative estimate of drug-likeness (QED) is 0.216. The summed E-state index contributed by atoms with van der Waals surface area (Å²) in [5.74, 6) is 0.935. The Morgan fingerprint density at radius 2 is 1.64 bits per heavy atom. The van der Waals surface area contributed by atoms with Gasteiger partial charge in [-0.05, 0) is 65.3 Å². The maximum atomic E-state index is 13.9. The predicted molar refractivity (Wildman–Crippen MR) is 148 cm³/mol. The Morgan fingerprint density at radius 3 is 2.29 bits per heavy atom. The summed E-state index contributed by atoms with van der Waals surface area (Å²) in [6.07, 6.45) is -1.72. The summed E-state index contributed by atoms with van der Waals surface area (Å²) in [4.78, 5) is 21.5. The van der Waals surface area contributed by atoms with Crippen molar-refractivity contribution in [1.29, 1.82) is 0 Å². The molecule has 1 aliphatic heterocycles. The lowest BCUT2D eigenvalue weighted by atomic mass is 10.1. The molecule has 1 saturated heterocycles. The van der Waals surface area contributed by atoms with Crippen LogP contribution in [0.25, 0.3) is 0 Å². The molecule has 3 aromatic carbocycles. The molecule has 0 radical (unpaired) electrons. The summed E-state index contributed by atoms with van der Waals surface area (Å²) in [7, 11) is 1.74. The molecule has 218 valence electrons. The van der Waals surface area contributed by atoms with E-state index in [4.69, 9.17) is 4.74 Å². The molecule has 2 atom stereocenters. The maximum Gasteiger partial charge on any atom is 0.419 e. The van der Waals surface area contributed by atoms with Crippen LogP contribution in [-0.4, -0.2) is 44.9 Å². The summed E-state index contributed by atoms with van der Waals surface area (Å²) >= 11 is 0. The highest BCUT2D eigenvalue weighted by Crippen LogP contribution is 2.52. The van der Waals surface area contributed by atoms with E-state index in [2.05, 4.69) is 22.0 Å². The zero-order valence-corrected chi connectivity index (χ0v) is 23.0. The minimum Gasteiger partial charge on any atom is -0.457 e. The van der Waals surface area contributed by atoms with E-state index < -0.39 is 17.6 Å². The third kappa shape index (κ3) is 6.18. The monoisotopic (exact) mass is 578 g/mol. The molecule has 2 aliphatic rings. The largest absolute Gasteiger partial charge is 0.457 e. The number of carbonyl (C=O) groups is 1. The minimum atomic E-state index is -4.82. The Bertz CT molecular complexity index is 1540. The fourth-order valence-corrected chi connectivity index (χ4v) is 5.95. The number of hydrogen-bond acceptors (Lipinski definition) is 4. The van der Waals surface area contributed by atoms with E-state index in [1.165, 1.54) is 18.0 Å². The van der Waals surface area contributed by atoms with E-state index in [0.29, 0.717) is 18.4 Å². The molecule has 0 spiro atoms. The average molecular weight is 579 g/mol. The Balaban J connectivity index is 1.08. The van der Waals surface area contributed by atoms with Crippen LogP contribution >= 0.6 is 0 Å². The number of piperidine rings is 1. The van der Waals surface area contributed by atoms with Crippen LogP contribution in [0.15, 0.2) is 85.3 Å². The van der Waals surface area contributed by atoms with Gasteiger partial charge in [0.15, 0.2) is 0 Å². The van der Waals surface area contributed by atoms with Gasteiger partial charge < -0.3 is 14.2 Å². The molecule has 6 nitrogen and oxygen atoms in total. The number of halogens is 4. The van der Waals surface area contributed by atoms with Gasteiger partial charge in [-0.25, -0.2) is 9.37 Å². The van der Waals surface area contributed by atoms with Crippen LogP contribution < -0.4 is 4.74 Å². The molecular weight excluding hydrogens is 548 g/mol. The van der Waals surface area contributed by atoms with Gasteiger partial charge in [-0.2, -0.15) is 13.2 Å². The third-order valence-electron chi connectivity index (χ3n) is 8.11. The fraction of sp³-hybridized carbons (Fsp3) is 0.312. The Hall–Kier alpha value is -4.18. The lowest BCUT2D eigenvalue weighted by molar-refractivity contribution is -0.140. The number of amides is 1. The molecule has 2 fully saturated rings. The summed E-state index contributed by atoms with van der Waals surface area (Å²) in [6, 6.07) is 20.6. The van der Waals surface area contributed by atoms with Gasteiger partial charge in [-0.1, -0.05) is 36.4 Å². The molecule has 0 N–H and O–H groups in total. The van der Waals surface area contributed by atoms with Gasteiger partial charge in [0.05, 0.1) is 11.9 Å². The van der Waals surface area contributed by atoms with E-state index in [1.807, 2.05) is 42.5 Å². The number of hydrogen-bond donors (Lipinski definition) is 0. The van der Waals surface area contributed by atoms with Crippen LogP contribution in [0.4, 0.5) is 17.6 Å². The van der Waals surface area contributed by atoms with Crippen molar-refractivity contribution in [3.8, 4) is 11.5 Å². The Kier molecular flexibility index (Phi) is 7.49. The van der Waals surface area contributed by atoms with E-state index >= 15 is 0 Å². The van der Waals surface area contributed by atoms with E-state index in [0.717, 1.165) is 43.3 Å². The van der Waals surface area contributed by atoms with Gasteiger partial charge in [0.1, 0.15) is 23.0 Å². The zero-order valence-electron chi connectivity index (χ0n) is 23.0. The highest BCUT2D eigenvalue weighted by atomic mass is 19.4. The van der Waals surface area contributed by atoms with Crippen molar-refractivity contribution in [3.63, 3.8) is 0 Å². The van der Waals surface area contributed by atoms with Gasteiger partial charge in [0, 0.05) is 46.0 Å². The standard InChI is InChI=1S/C32H30F4N4O2/c1-38-19-30(37-20-38)31(41)40(15-22-9-12-29(33)28(13-22)32(34,35)36)18-27-25-16-39(17-26(25)27)14-21-7-10-24(11-8-21)42-23-5-3-2-4-6-23/h2-13,19-20,25-27H,14-18H2,1H3. The second-order valence-electron chi connectivity index (χ2n) is 11.2. The molecule has 1 saturated carbocycles. The first-order valence-corrected chi connectivity index (χ1v) is 13.8. The van der Waals surface area contributed by atoms with Crippen molar-refractivity contribution in [3.05, 3.63) is 114 Å². The highest BCUT2D eigenvalue weighted by molar-refractivity contribution is 5.92. The Morgan fingerprint density at radius 1 is 0.976 bits per heavy atom. The lowest BCUT2D eigenvalue weighted by Crippen LogP contribution is -2.35. The van der Waals surface area contributed by atoms with Crippen LogP contribution in [0.5, 0.6) is 11.5 Å². The van der Waals surface area contributed by atoms with Crippen molar-refractivity contribution in [1.82, 2.24) is 19.4 Å². The molecule has 1 aromatic heterocycles. The van der Waals surface area contributed by atoms with Crippen LogP contribution in [0.2, 0.25) is 0 Å². The van der Waals surface area contributed by atoms with Crippen molar-refractivity contribution in [2.45, 2.75) is 19.3 Å². The normalized spacial score (nSPS) is 19.9. The number of aromatic nitrogens is 2. The molecule has 42 heavy (non-hydrogen) atoms. The van der Waals surface area contributed by atoms with Gasteiger partial charge in [0.25, 0.3) is 5.91 Å². The van der Waals surface area contributed by atoms with E-state index in [1.54, 1.807) is 22.7 Å². The molecule has 1 aliphatic carbocycles. The molecule has 4 aromatic rings.